The summed E-state index contributed by atoms with van der Waals surface area (Å²) in [7, 11) is 0. The van der Waals surface area contributed by atoms with Gasteiger partial charge in [-0.3, -0.25) is 0 Å². The molecule has 5 heteroatoms. The van der Waals surface area contributed by atoms with E-state index in [0.29, 0.717) is 11.3 Å². The summed E-state index contributed by atoms with van der Waals surface area (Å²) >= 11 is 0. The van der Waals surface area contributed by atoms with E-state index in [0.717, 1.165) is 0 Å². The molecule has 0 bridgehead atoms. The Labute approximate surface area is 104 Å². The number of nitriles is 3. The third-order valence-corrected chi connectivity index (χ3v) is 2.73. The topological polar surface area (TPSA) is 111 Å². The number of allylic oxidation sites excluding steroid dienone is 2. The molecule has 1 aliphatic carbocycles. The molecule has 1 aromatic rings. The number of hydrogen-bond donors (Lipinski definition) is 1. The molecule has 2 N–H and O–H groups in total. The minimum absolute atomic E-state index is 0.0763. The first-order valence-corrected chi connectivity index (χ1v) is 5.19. The first kappa shape index (κ1) is 11.5. The van der Waals surface area contributed by atoms with E-state index >= 15 is 0 Å². The lowest BCUT2D eigenvalue weighted by Gasteiger charge is -2.05. The second kappa shape index (κ2) is 4.49. The van der Waals surface area contributed by atoms with Crippen LogP contribution in [0.1, 0.15) is 16.9 Å². The summed E-state index contributed by atoms with van der Waals surface area (Å²) in [6.07, 6.45) is 6.71. The van der Waals surface area contributed by atoms with Gasteiger partial charge in [0.1, 0.15) is 23.3 Å². The van der Waals surface area contributed by atoms with Crippen LogP contribution in [0.4, 0.5) is 5.88 Å². The molecule has 1 atom stereocenters. The minimum atomic E-state index is -0.760. The van der Waals surface area contributed by atoms with E-state index in [1.165, 1.54) is 0 Å². The summed E-state index contributed by atoms with van der Waals surface area (Å²) in [5.74, 6) is -0.537. The Morgan fingerprint density at radius 2 is 1.83 bits per heavy atom. The molecule has 1 aromatic heterocycles. The number of anilines is 1. The van der Waals surface area contributed by atoms with Crippen LogP contribution in [0.3, 0.4) is 0 Å². The van der Waals surface area contributed by atoms with Gasteiger partial charge in [0.05, 0.1) is 12.1 Å². The summed E-state index contributed by atoms with van der Waals surface area (Å²) in [4.78, 5) is 0. The third-order valence-electron chi connectivity index (χ3n) is 2.73. The van der Waals surface area contributed by atoms with Crippen molar-refractivity contribution in [2.75, 3.05) is 5.73 Å². The molecule has 0 amide bonds. The van der Waals surface area contributed by atoms with Crippen molar-refractivity contribution in [1.29, 1.82) is 15.8 Å². The fourth-order valence-corrected chi connectivity index (χ4v) is 1.78. The zero-order chi connectivity index (χ0) is 13.1. The molecule has 1 unspecified atom stereocenters. The summed E-state index contributed by atoms with van der Waals surface area (Å²) in [5, 5.41) is 26.7. The molecule has 2 rings (SSSR count). The van der Waals surface area contributed by atoms with E-state index in [1.807, 2.05) is 18.2 Å². The lowest BCUT2D eigenvalue weighted by molar-refractivity contribution is 0.575. The predicted molar refractivity (Wildman–Crippen MR) is 64.1 cm³/mol. The van der Waals surface area contributed by atoms with E-state index in [4.69, 9.17) is 25.9 Å². The van der Waals surface area contributed by atoms with Crippen LogP contribution in [0.15, 0.2) is 16.6 Å². The van der Waals surface area contributed by atoms with Gasteiger partial charge in [0.15, 0.2) is 0 Å². The maximum absolute atomic E-state index is 8.97. The smallest absolute Gasteiger partial charge is 0.209 e. The van der Waals surface area contributed by atoms with Crippen LogP contribution in [-0.4, -0.2) is 0 Å². The predicted octanol–water partition coefficient (Wildman–Crippen LogP) is 2.05. The number of nitrogens with zero attached hydrogens (tertiary/aromatic N) is 3. The van der Waals surface area contributed by atoms with Gasteiger partial charge in [0.25, 0.3) is 0 Å². The van der Waals surface area contributed by atoms with Crippen molar-refractivity contribution < 1.29 is 4.42 Å². The average molecular weight is 236 g/mol. The van der Waals surface area contributed by atoms with Gasteiger partial charge in [-0.15, -0.1) is 0 Å². The van der Waals surface area contributed by atoms with Gasteiger partial charge in [0.2, 0.25) is 5.88 Å². The molecule has 86 valence electrons. The summed E-state index contributed by atoms with van der Waals surface area (Å²) in [6, 6.07) is 5.82. The molecular formula is C13H8N4O. The van der Waals surface area contributed by atoms with Gasteiger partial charge in [-0.05, 0) is 6.08 Å². The standard InChI is InChI=1S/C13H8N4O/c14-5-9(6-15)8-1-3-10-11(7-16)13(17)18-12(10)4-2-8/h1-4,8-9H,17H2. The third kappa shape index (κ3) is 1.73. The lowest BCUT2D eigenvalue weighted by atomic mass is 9.94. The number of nitrogens with two attached hydrogens (primary N) is 1. The van der Waals surface area contributed by atoms with Crippen LogP contribution < -0.4 is 5.73 Å². The van der Waals surface area contributed by atoms with Crippen molar-refractivity contribution in [2.24, 2.45) is 11.8 Å². The van der Waals surface area contributed by atoms with Crippen LogP contribution in [0.2, 0.25) is 0 Å². The zero-order valence-corrected chi connectivity index (χ0v) is 9.29. The van der Waals surface area contributed by atoms with Gasteiger partial charge in [0, 0.05) is 11.5 Å². The summed E-state index contributed by atoms with van der Waals surface area (Å²) < 4.78 is 5.25. The second-order valence-corrected chi connectivity index (χ2v) is 3.76. The average Bonchev–Trinajstić information content (AvgIpc) is 2.54. The Kier molecular flexibility index (Phi) is 2.87. The number of furan rings is 1. The molecule has 18 heavy (non-hydrogen) atoms. The van der Waals surface area contributed by atoms with Crippen LogP contribution >= 0.6 is 0 Å². The fraction of sp³-hybridized carbons (Fsp3) is 0.154. The first-order valence-electron chi connectivity index (χ1n) is 5.19. The monoisotopic (exact) mass is 236 g/mol. The Bertz CT molecular complexity index is 647. The molecular weight excluding hydrogens is 228 g/mol. The van der Waals surface area contributed by atoms with Crippen molar-refractivity contribution in [3.05, 3.63) is 29.0 Å². The molecule has 1 aliphatic rings. The van der Waals surface area contributed by atoms with Gasteiger partial charge in [-0.2, -0.15) is 15.8 Å². The molecule has 0 aromatic carbocycles. The lowest BCUT2D eigenvalue weighted by Crippen LogP contribution is -2.05. The second-order valence-electron chi connectivity index (χ2n) is 3.76. The van der Waals surface area contributed by atoms with E-state index in [1.54, 1.807) is 24.3 Å². The van der Waals surface area contributed by atoms with Crippen LogP contribution in [-0.2, 0) is 0 Å². The highest BCUT2D eigenvalue weighted by atomic mass is 16.4. The van der Waals surface area contributed by atoms with Crippen molar-refractivity contribution in [3.63, 3.8) is 0 Å². The summed E-state index contributed by atoms with van der Waals surface area (Å²) in [5.41, 5.74) is 6.43. The maximum Gasteiger partial charge on any atom is 0.209 e. The molecule has 0 aliphatic heterocycles. The van der Waals surface area contributed by atoms with E-state index in [-0.39, 0.29) is 17.4 Å². The van der Waals surface area contributed by atoms with Crippen molar-refractivity contribution in [1.82, 2.24) is 0 Å². The zero-order valence-electron chi connectivity index (χ0n) is 9.29. The Morgan fingerprint density at radius 3 is 2.44 bits per heavy atom. The normalized spacial score (nSPS) is 16.4. The highest BCUT2D eigenvalue weighted by molar-refractivity contribution is 5.74. The molecule has 0 saturated heterocycles. The molecule has 5 nitrogen and oxygen atoms in total. The van der Waals surface area contributed by atoms with Crippen LogP contribution in [0, 0.1) is 45.8 Å². The molecule has 1 heterocycles. The first-order chi connectivity index (χ1) is 8.71. The van der Waals surface area contributed by atoms with Gasteiger partial charge >= 0.3 is 0 Å². The van der Waals surface area contributed by atoms with Crippen LogP contribution in [0.25, 0.3) is 12.2 Å². The van der Waals surface area contributed by atoms with E-state index < -0.39 is 5.92 Å². The fourth-order valence-electron chi connectivity index (χ4n) is 1.78. The Balaban J connectivity index is 2.45. The van der Waals surface area contributed by atoms with Crippen molar-refractivity contribution in [2.45, 2.75) is 0 Å². The van der Waals surface area contributed by atoms with Crippen molar-refractivity contribution >= 4 is 18.0 Å². The number of nitrogen functional groups attached to an aromatic ring is 1. The number of hydrogen-bond acceptors (Lipinski definition) is 5. The molecule has 0 radical (unpaired) electrons. The van der Waals surface area contributed by atoms with E-state index in [2.05, 4.69) is 0 Å². The van der Waals surface area contributed by atoms with E-state index in [9.17, 15) is 0 Å². The van der Waals surface area contributed by atoms with Crippen LogP contribution in [0.5, 0.6) is 0 Å². The quantitative estimate of drug-likeness (QED) is 0.802. The van der Waals surface area contributed by atoms with Gasteiger partial charge in [-0.1, -0.05) is 18.2 Å². The largest absolute Gasteiger partial charge is 0.440 e. The Morgan fingerprint density at radius 1 is 1.17 bits per heavy atom. The van der Waals surface area contributed by atoms with Gasteiger partial charge in [-0.25, -0.2) is 0 Å². The minimum Gasteiger partial charge on any atom is -0.440 e. The highest BCUT2D eigenvalue weighted by Crippen LogP contribution is 2.31. The number of fused-ring (bicyclic) bond motifs is 1. The van der Waals surface area contributed by atoms with Crippen molar-refractivity contribution in [3.8, 4) is 18.2 Å². The molecule has 0 fully saturated rings. The molecule has 0 saturated carbocycles. The number of rotatable bonds is 1. The maximum atomic E-state index is 8.97. The van der Waals surface area contributed by atoms with Gasteiger partial charge < -0.3 is 10.2 Å². The highest BCUT2D eigenvalue weighted by Gasteiger charge is 2.21. The molecule has 0 spiro atoms. The SMILES string of the molecule is N#Cc1c(N)oc2c1C=CC(C(C#N)C#N)C=C2. The summed E-state index contributed by atoms with van der Waals surface area (Å²) in [6.45, 7) is 0. The Hall–Kier alpha value is -2.97.